The molecule has 1 heterocycles. The van der Waals surface area contributed by atoms with Crippen LogP contribution in [0, 0.1) is 6.92 Å². The molecule has 1 saturated heterocycles. The maximum Gasteiger partial charge on any atom is 0.245 e. The molecule has 0 aromatic heterocycles. The van der Waals surface area contributed by atoms with Gasteiger partial charge in [0.05, 0.1) is 0 Å². The average molecular weight is 365 g/mol. The fraction of sp³-hybridized carbons (Fsp3) is 0.579. The van der Waals surface area contributed by atoms with Crippen LogP contribution in [0.3, 0.4) is 0 Å². The van der Waals surface area contributed by atoms with Gasteiger partial charge in [-0.05, 0) is 37.0 Å². The highest BCUT2D eigenvalue weighted by Crippen LogP contribution is 2.22. The predicted octanol–water partition coefficient (Wildman–Crippen LogP) is 2.62. The fourth-order valence-corrected chi connectivity index (χ4v) is 3.49. The van der Waals surface area contributed by atoms with Gasteiger partial charge < -0.3 is 15.0 Å². The zero-order valence-electron chi connectivity index (χ0n) is 15.3. The molecule has 1 atom stereocenters. The number of carbonyl (C=O) groups excluding carboxylic acids is 2. The SMILES string of the molecule is CSCC[C@H](NC(C)=O)C(=O)N1CCC(Oc2ccccc2C)CC1. The van der Waals surface area contributed by atoms with Crippen LogP contribution >= 0.6 is 11.8 Å². The van der Waals surface area contributed by atoms with Gasteiger partial charge >= 0.3 is 0 Å². The highest BCUT2D eigenvalue weighted by Gasteiger charge is 2.29. The lowest BCUT2D eigenvalue weighted by Gasteiger charge is -2.34. The van der Waals surface area contributed by atoms with Gasteiger partial charge in [-0.25, -0.2) is 0 Å². The molecular formula is C19H28N2O3S. The van der Waals surface area contributed by atoms with E-state index in [0.29, 0.717) is 19.5 Å². The van der Waals surface area contributed by atoms with Crippen molar-refractivity contribution < 1.29 is 14.3 Å². The average Bonchev–Trinajstić information content (AvgIpc) is 2.60. The monoisotopic (exact) mass is 364 g/mol. The quantitative estimate of drug-likeness (QED) is 0.808. The number of likely N-dealkylation sites (tertiary alicyclic amines) is 1. The summed E-state index contributed by atoms with van der Waals surface area (Å²) in [6.45, 7) is 4.84. The third kappa shape index (κ3) is 5.96. The summed E-state index contributed by atoms with van der Waals surface area (Å²) < 4.78 is 6.09. The van der Waals surface area contributed by atoms with Crippen LogP contribution in [-0.4, -0.2) is 54.0 Å². The second-order valence-electron chi connectivity index (χ2n) is 6.44. The van der Waals surface area contributed by atoms with Gasteiger partial charge in [0.25, 0.3) is 0 Å². The van der Waals surface area contributed by atoms with Crippen LogP contribution in [0.4, 0.5) is 0 Å². The smallest absolute Gasteiger partial charge is 0.245 e. The summed E-state index contributed by atoms with van der Waals surface area (Å²) in [4.78, 5) is 26.0. The van der Waals surface area contributed by atoms with E-state index in [1.165, 1.54) is 6.92 Å². The van der Waals surface area contributed by atoms with E-state index in [1.54, 1.807) is 11.8 Å². The zero-order chi connectivity index (χ0) is 18.2. The van der Waals surface area contributed by atoms with Gasteiger partial charge in [-0.3, -0.25) is 9.59 Å². The molecule has 0 unspecified atom stereocenters. The van der Waals surface area contributed by atoms with Crippen LogP contribution in [0.1, 0.15) is 31.7 Å². The van der Waals surface area contributed by atoms with Gasteiger partial charge in [-0.15, -0.1) is 0 Å². The van der Waals surface area contributed by atoms with E-state index in [9.17, 15) is 9.59 Å². The number of hydrogen-bond donors (Lipinski definition) is 1. The number of ether oxygens (including phenoxy) is 1. The molecule has 0 spiro atoms. The molecule has 0 aliphatic carbocycles. The maximum absolute atomic E-state index is 12.7. The zero-order valence-corrected chi connectivity index (χ0v) is 16.1. The minimum Gasteiger partial charge on any atom is -0.490 e. The van der Waals surface area contributed by atoms with Crippen LogP contribution in [0.5, 0.6) is 5.75 Å². The summed E-state index contributed by atoms with van der Waals surface area (Å²) in [7, 11) is 0. The molecule has 1 aromatic carbocycles. The van der Waals surface area contributed by atoms with Crippen molar-refractivity contribution in [2.24, 2.45) is 0 Å². The minimum absolute atomic E-state index is 0.0265. The van der Waals surface area contributed by atoms with E-state index >= 15 is 0 Å². The third-order valence-electron chi connectivity index (χ3n) is 4.43. The standard InChI is InChI=1S/C19H28N2O3S/c1-14-6-4-5-7-18(14)24-16-8-11-21(12-9-16)19(23)17(10-13-25-3)20-15(2)22/h4-7,16-17H,8-13H2,1-3H3,(H,20,22)/t17-/m0/s1. The Kier molecular flexibility index (Phi) is 7.62. The molecule has 1 aliphatic rings. The molecule has 1 aliphatic heterocycles. The Morgan fingerprint density at radius 1 is 1.32 bits per heavy atom. The predicted molar refractivity (Wildman–Crippen MR) is 102 cm³/mol. The van der Waals surface area contributed by atoms with E-state index in [2.05, 4.69) is 5.32 Å². The first-order valence-corrected chi connectivity index (χ1v) is 10.2. The first-order chi connectivity index (χ1) is 12.0. The summed E-state index contributed by atoms with van der Waals surface area (Å²) in [5.74, 6) is 1.64. The Balaban J connectivity index is 1.88. The maximum atomic E-state index is 12.7. The lowest BCUT2D eigenvalue weighted by Crippen LogP contribution is -2.51. The molecule has 0 radical (unpaired) electrons. The first-order valence-electron chi connectivity index (χ1n) is 8.78. The van der Waals surface area contributed by atoms with Crippen molar-refractivity contribution in [2.75, 3.05) is 25.1 Å². The number of carbonyl (C=O) groups is 2. The van der Waals surface area contributed by atoms with Crippen LogP contribution in [0.2, 0.25) is 0 Å². The Morgan fingerprint density at radius 2 is 2.00 bits per heavy atom. The van der Waals surface area contributed by atoms with Crippen molar-refractivity contribution >= 4 is 23.6 Å². The number of aryl methyl sites for hydroxylation is 1. The number of nitrogens with zero attached hydrogens (tertiary/aromatic N) is 1. The normalized spacial score (nSPS) is 16.4. The van der Waals surface area contributed by atoms with Crippen molar-refractivity contribution in [1.29, 1.82) is 0 Å². The first kappa shape index (κ1) is 19.6. The summed E-state index contributed by atoms with van der Waals surface area (Å²) in [5.41, 5.74) is 1.13. The summed E-state index contributed by atoms with van der Waals surface area (Å²) in [5, 5.41) is 2.80. The largest absolute Gasteiger partial charge is 0.490 e. The molecule has 1 fully saturated rings. The van der Waals surface area contributed by atoms with E-state index in [0.717, 1.165) is 29.9 Å². The number of rotatable bonds is 7. The van der Waals surface area contributed by atoms with Crippen LogP contribution in [0.25, 0.3) is 0 Å². The molecule has 2 rings (SSSR count). The van der Waals surface area contributed by atoms with Crippen LogP contribution in [-0.2, 0) is 9.59 Å². The lowest BCUT2D eigenvalue weighted by atomic mass is 10.1. The molecule has 25 heavy (non-hydrogen) atoms. The second-order valence-corrected chi connectivity index (χ2v) is 7.43. The van der Waals surface area contributed by atoms with Crippen molar-refractivity contribution in [3.05, 3.63) is 29.8 Å². The van der Waals surface area contributed by atoms with E-state index < -0.39 is 6.04 Å². The number of benzene rings is 1. The number of hydrogen-bond acceptors (Lipinski definition) is 4. The Morgan fingerprint density at radius 3 is 2.60 bits per heavy atom. The summed E-state index contributed by atoms with van der Waals surface area (Å²) in [6, 6.07) is 7.59. The van der Waals surface area contributed by atoms with Gasteiger partial charge in [-0.1, -0.05) is 18.2 Å². The second kappa shape index (κ2) is 9.70. The molecule has 2 amide bonds. The van der Waals surface area contributed by atoms with Gasteiger partial charge in [0, 0.05) is 32.9 Å². The molecular weight excluding hydrogens is 336 g/mol. The molecule has 0 saturated carbocycles. The number of para-hydroxylation sites is 1. The molecule has 0 bridgehead atoms. The van der Waals surface area contributed by atoms with E-state index in [1.807, 2.05) is 42.3 Å². The molecule has 1 aromatic rings. The van der Waals surface area contributed by atoms with E-state index in [-0.39, 0.29) is 17.9 Å². The Labute approximate surface area is 154 Å². The lowest BCUT2D eigenvalue weighted by molar-refractivity contribution is -0.137. The van der Waals surface area contributed by atoms with Crippen molar-refractivity contribution in [1.82, 2.24) is 10.2 Å². The minimum atomic E-state index is -0.418. The van der Waals surface area contributed by atoms with Gasteiger partial charge in [0.15, 0.2) is 0 Å². The number of amides is 2. The molecule has 138 valence electrons. The van der Waals surface area contributed by atoms with E-state index in [4.69, 9.17) is 4.74 Å². The number of thioether (sulfide) groups is 1. The van der Waals surface area contributed by atoms with Gasteiger partial charge in [-0.2, -0.15) is 11.8 Å². The number of piperidine rings is 1. The van der Waals surface area contributed by atoms with Crippen molar-refractivity contribution in [2.45, 2.75) is 45.3 Å². The molecule has 6 heteroatoms. The van der Waals surface area contributed by atoms with Crippen LogP contribution in [0.15, 0.2) is 24.3 Å². The number of nitrogens with one attached hydrogen (secondary N) is 1. The highest BCUT2D eigenvalue weighted by molar-refractivity contribution is 7.98. The van der Waals surface area contributed by atoms with Crippen LogP contribution < -0.4 is 10.1 Å². The Hall–Kier alpha value is -1.69. The highest BCUT2D eigenvalue weighted by atomic mass is 32.2. The Bertz CT molecular complexity index is 586. The molecule has 1 N–H and O–H groups in total. The summed E-state index contributed by atoms with van der Waals surface area (Å²) in [6.07, 6.45) is 4.43. The summed E-state index contributed by atoms with van der Waals surface area (Å²) >= 11 is 1.68. The van der Waals surface area contributed by atoms with Gasteiger partial charge in [0.1, 0.15) is 17.9 Å². The topological polar surface area (TPSA) is 58.6 Å². The van der Waals surface area contributed by atoms with Crippen molar-refractivity contribution in [3.63, 3.8) is 0 Å². The molecule has 5 nitrogen and oxygen atoms in total. The third-order valence-corrected chi connectivity index (χ3v) is 5.07. The van der Waals surface area contributed by atoms with Gasteiger partial charge in [0.2, 0.25) is 11.8 Å². The fourth-order valence-electron chi connectivity index (χ4n) is 3.02. The van der Waals surface area contributed by atoms with Crippen molar-refractivity contribution in [3.8, 4) is 5.75 Å².